The number of carbonyl (C=O) groups is 1. The first kappa shape index (κ1) is 18.6. The zero-order valence-electron chi connectivity index (χ0n) is 15.4. The maximum absolute atomic E-state index is 12.2. The Morgan fingerprint density at radius 2 is 1.85 bits per heavy atom. The van der Waals surface area contributed by atoms with Crippen LogP contribution in [0.5, 0.6) is 11.5 Å². The van der Waals surface area contributed by atoms with Crippen LogP contribution in [0.15, 0.2) is 42.5 Å². The first-order valence-electron chi connectivity index (χ1n) is 9.05. The first-order valence-corrected chi connectivity index (χ1v) is 9.05. The van der Waals surface area contributed by atoms with Gasteiger partial charge in [-0.05, 0) is 55.7 Å². The minimum absolute atomic E-state index is 0.143. The lowest BCUT2D eigenvalue weighted by atomic mass is 10.1. The van der Waals surface area contributed by atoms with Crippen molar-refractivity contribution in [3.8, 4) is 17.6 Å². The summed E-state index contributed by atoms with van der Waals surface area (Å²) >= 11 is 0. The largest absolute Gasteiger partial charge is 0.493 e. The van der Waals surface area contributed by atoms with Gasteiger partial charge in [-0.15, -0.1) is 0 Å². The van der Waals surface area contributed by atoms with Gasteiger partial charge in [0, 0.05) is 30.5 Å². The first-order chi connectivity index (χ1) is 13.2. The van der Waals surface area contributed by atoms with Crippen LogP contribution < -0.4 is 19.7 Å². The molecule has 0 saturated carbocycles. The van der Waals surface area contributed by atoms with Gasteiger partial charge in [0.2, 0.25) is 0 Å². The highest BCUT2D eigenvalue weighted by atomic mass is 16.5. The molecule has 0 atom stereocenters. The smallest absolute Gasteiger partial charge is 0.262 e. The van der Waals surface area contributed by atoms with Crippen LogP contribution >= 0.6 is 0 Å². The minimum atomic E-state index is -0.257. The zero-order chi connectivity index (χ0) is 19.1. The second-order valence-corrected chi connectivity index (χ2v) is 6.41. The summed E-state index contributed by atoms with van der Waals surface area (Å²) in [6.07, 6.45) is 3.76. The van der Waals surface area contributed by atoms with Gasteiger partial charge in [0.1, 0.15) is 0 Å². The molecule has 0 unspecified atom stereocenters. The number of hydrogen-bond donors (Lipinski definition) is 1. The van der Waals surface area contributed by atoms with Crippen LogP contribution in [0, 0.1) is 11.3 Å². The number of benzene rings is 2. The fraction of sp³-hybridized carbons (Fsp3) is 0.333. The molecule has 2 aromatic carbocycles. The number of methoxy groups -OCH3 is 1. The van der Waals surface area contributed by atoms with Crippen molar-refractivity contribution in [1.29, 1.82) is 5.26 Å². The van der Waals surface area contributed by atoms with Crippen molar-refractivity contribution in [3.05, 3.63) is 48.0 Å². The SMILES string of the molecule is COc1cc(C#N)ccc1OCC(=O)Nc1ccc(N2CCCCC2)cc1. The molecule has 1 aliphatic rings. The van der Waals surface area contributed by atoms with Crippen LogP contribution in [0.4, 0.5) is 11.4 Å². The Morgan fingerprint density at radius 3 is 2.52 bits per heavy atom. The van der Waals surface area contributed by atoms with Gasteiger partial charge < -0.3 is 19.7 Å². The van der Waals surface area contributed by atoms with E-state index < -0.39 is 0 Å². The molecule has 1 saturated heterocycles. The molecule has 1 amide bonds. The molecule has 6 nitrogen and oxygen atoms in total. The molecule has 0 radical (unpaired) electrons. The second-order valence-electron chi connectivity index (χ2n) is 6.41. The van der Waals surface area contributed by atoms with Crippen molar-refractivity contribution in [2.24, 2.45) is 0 Å². The highest BCUT2D eigenvalue weighted by molar-refractivity contribution is 5.92. The Kier molecular flexibility index (Phi) is 6.16. The van der Waals surface area contributed by atoms with Crippen LogP contribution in [0.1, 0.15) is 24.8 Å². The fourth-order valence-corrected chi connectivity index (χ4v) is 3.10. The summed E-state index contributed by atoms with van der Waals surface area (Å²) in [5.74, 6) is 0.590. The van der Waals surface area contributed by atoms with E-state index in [0.717, 1.165) is 18.8 Å². The van der Waals surface area contributed by atoms with Gasteiger partial charge in [-0.2, -0.15) is 5.26 Å². The Labute approximate surface area is 159 Å². The molecule has 1 aliphatic heterocycles. The highest BCUT2D eigenvalue weighted by Crippen LogP contribution is 2.28. The number of amides is 1. The van der Waals surface area contributed by atoms with Crippen molar-refractivity contribution in [2.75, 3.05) is 37.0 Å². The number of nitrogens with one attached hydrogen (secondary N) is 1. The summed E-state index contributed by atoms with van der Waals surface area (Å²) in [6.45, 7) is 2.04. The molecule has 0 bridgehead atoms. The molecule has 1 N–H and O–H groups in total. The minimum Gasteiger partial charge on any atom is -0.493 e. The van der Waals surface area contributed by atoms with E-state index in [1.54, 1.807) is 18.2 Å². The normalized spacial score (nSPS) is 13.6. The average Bonchev–Trinajstić information content (AvgIpc) is 2.73. The number of anilines is 2. The summed E-state index contributed by atoms with van der Waals surface area (Å²) < 4.78 is 10.7. The molecule has 0 spiro atoms. The maximum atomic E-state index is 12.2. The van der Waals surface area contributed by atoms with Gasteiger partial charge in [-0.3, -0.25) is 4.79 Å². The van der Waals surface area contributed by atoms with Crippen LogP contribution in [-0.4, -0.2) is 32.7 Å². The summed E-state index contributed by atoms with van der Waals surface area (Å²) in [5.41, 5.74) is 2.39. The van der Waals surface area contributed by atoms with Crippen molar-refractivity contribution >= 4 is 17.3 Å². The van der Waals surface area contributed by atoms with Crippen LogP contribution in [0.2, 0.25) is 0 Å². The summed E-state index contributed by atoms with van der Waals surface area (Å²) in [7, 11) is 1.49. The van der Waals surface area contributed by atoms with Crippen LogP contribution in [0.25, 0.3) is 0 Å². The predicted octanol–water partition coefficient (Wildman–Crippen LogP) is 3.57. The maximum Gasteiger partial charge on any atom is 0.262 e. The molecule has 0 aromatic heterocycles. The molecule has 0 aliphatic carbocycles. The number of piperidine rings is 1. The highest BCUT2D eigenvalue weighted by Gasteiger charge is 2.12. The van der Waals surface area contributed by atoms with E-state index in [2.05, 4.69) is 10.2 Å². The molecule has 27 heavy (non-hydrogen) atoms. The van der Waals surface area contributed by atoms with Gasteiger partial charge in [-0.1, -0.05) is 0 Å². The van der Waals surface area contributed by atoms with E-state index in [9.17, 15) is 4.79 Å². The van der Waals surface area contributed by atoms with Gasteiger partial charge >= 0.3 is 0 Å². The van der Waals surface area contributed by atoms with E-state index in [1.165, 1.54) is 32.1 Å². The number of nitrogens with zero attached hydrogens (tertiary/aromatic N) is 2. The number of nitriles is 1. The molecule has 1 heterocycles. The lowest BCUT2D eigenvalue weighted by molar-refractivity contribution is -0.118. The summed E-state index contributed by atoms with van der Waals surface area (Å²) in [6, 6.07) is 14.7. The van der Waals surface area contributed by atoms with Crippen molar-refractivity contribution in [3.63, 3.8) is 0 Å². The predicted molar refractivity (Wildman–Crippen MR) is 104 cm³/mol. The quantitative estimate of drug-likeness (QED) is 0.847. The number of ether oxygens (including phenoxy) is 2. The molecule has 3 rings (SSSR count). The third kappa shape index (κ3) is 4.91. The third-order valence-corrected chi connectivity index (χ3v) is 4.52. The fourth-order valence-electron chi connectivity index (χ4n) is 3.10. The molecule has 2 aromatic rings. The zero-order valence-corrected chi connectivity index (χ0v) is 15.4. The van der Waals surface area contributed by atoms with Gasteiger partial charge in [0.05, 0.1) is 18.7 Å². The van der Waals surface area contributed by atoms with E-state index >= 15 is 0 Å². The Bertz CT molecular complexity index is 822. The molecule has 140 valence electrons. The Hall–Kier alpha value is -3.20. The number of rotatable bonds is 6. The van der Waals surface area contributed by atoms with Crippen molar-refractivity contribution < 1.29 is 14.3 Å². The van der Waals surface area contributed by atoms with E-state index in [4.69, 9.17) is 14.7 Å². The topological polar surface area (TPSA) is 74.6 Å². The number of hydrogen-bond acceptors (Lipinski definition) is 5. The lowest BCUT2D eigenvalue weighted by Gasteiger charge is -2.28. The summed E-state index contributed by atoms with van der Waals surface area (Å²) in [5, 5.41) is 11.7. The number of carbonyl (C=O) groups excluding carboxylic acids is 1. The molecular weight excluding hydrogens is 342 g/mol. The standard InChI is InChI=1S/C21H23N3O3/c1-26-20-13-16(14-22)5-10-19(20)27-15-21(25)23-17-6-8-18(9-7-17)24-11-3-2-4-12-24/h5-10,13H,2-4,11-12,15H2,1H3,(H,23,25). The monoisotopic (exact) mass is 365 g/mol. The van der Waals surface area contributed by atoms with Crippen LogP contribution in [-0.2, 0) is 4.79 Å². The van der Waals surface area contributed by atoms with E-state index in [-0.39, 0.29) is 12.5 Å². The Balaban J connectivity index is 1.54. The molecular formula is C21H23N3O3. The second kappa shape index (κ2) is 8.95. The molecule has 6 heteroatoms. The van der Waals surface area contributed by atoms with Gasteiger partial charge in [-0.25, -0.2) is 0 Å². The molecule has 1 fully saturated rings. The third-order valence-electron chi connectivity index (χ3n) is 4.52. The lowest BCUT2D eigenvalue weighted by Crippen LogP contribution is -2.29. The summed E-state index contributed by atoms with van der Waals surface area (Å²) in [4.78, 5) is 14.5. The van der Waals surface area contributed by atoms with E-state index in [0.29, 0.717) is 17.1 Å². The van der Waals surface area contributed by atoms with Gasteiger partial charge in [0.25, 0.3) is 5.91 Å². The van der Waals surface area contributed by atoms with Gasteiger partial charge in [0.15, 0.2) is 18.1 Å². The average molecular weight is 365 g/mol. The van der Waals surface area contributed by atoms with Crippen molar-refractivity contribution in [2.45, 2.75) is 19.3 Å². The van der Waals surface area contributed by atoms with E-state index in [1.807, 2.05) is 30.3 Å². The van der Waals surface area contributed by atoms with Crippen molar-refractivity contribution in [1.82, 2.24) is 0 Å². The van der Waals surface area contributed by atoms with Crippen LogP contribution in [0.3, 0.4) is 0 Å². The Morgan fingerprint density at radius 1 is 1.11 bits per heavy atom.